The first-order valence-electron chi connectivity index (χ1n) is 4.35. The first-order chi connectivity index (χ1) is 6.03. The third kappa shape index (κ3) is 1.40. The molecule has 0 aromatic carbocycles. The number of rotatable bonds is 1. The van der Waals surface area contributed by atoms with Gasteiger partial charge in [-0.2, -0.15) is 0 Å². The third-order valence-electron chi connectivity index (χ3n) is 2.30. The quantitative estimate of drug-likeness (QED) is 0.602. The summed E-state index contributed by atoms with van der Waals surface area (Å²) in [6, 6.07) is 0. The fourth-order valence-electron chi connectivity index (χ4n) is 1.80. The molecule has 2 saturated heterocycles. The summed E-state index contributed by atoms with van der Waals surface area (Å²) in [5.41, 5.74) is 0. The lowest BCUT2D eigenvalue weighted by molar-refractivity contribution is -0.214. The van der Waals surface area contributed by atoms with E-state index in [0.29, 0.717) is 0 Å². The average molecular weight is 186 g/mol. The van der Waals surface area contributed by atoms with Crippen LogP contribution < -0.4 is 0 Å². The summed E-state index contributed by atoms with van der Waals surface area (Å²) in [4.78, 5) is 0. The lowest BCUT2D eigenvalue weighted by atomic mass is 10.1. The monoisotopic (exact) mass is 186 g/mol. The lowest BCUT2D eigenvalue weighted by Gasteiger charge is -2.21. The molecule has 0 saturated carbocycles. The summed E-state index contributed by atoms with van der Waals surface area (Å²) in [5, 5.41) is 9.46. The van der Waals surface area contributed by atoms with E-state index in [4.69, 9.17) is 14.2 Å². The van der Waals surface area contributed by atoms with Gasteiger partial charge in [0.2, 0.25) is 0 Å². The Balaban J connectivity index is 2.17. The Bertz CT molecular complexity index is 226. The van der Waals surface area contributed by atoms with E-state index in [9.17, 15) is 5.11 Å². The number of hydrogen-bond donors (Lipinski definition) is 1. The lowest BCUT2D eigenvalue weighted by Crippen LogP contribution is -2.29. The summed E-state index contributed by atoms with van der Waals surface area (Å²) in [7, 11) is 0. The largest absolute Gasteiger partial charge is 0.366 e. The molecule has 4 atom stereocenters. The van der Waals surface area contributed by atoms with Crippen LogP contribution in [0.3, 0.4) is 0 Å². The highest BCUT2D eigenvalue weighted by Crippen LogP contribution is 2.37. The summed E-state index contributed by atoms with van der Waals surface area (Å²) < 4.78 is 16.2. The zero-order chi connectivity index (χ0) is 9.64. The molecule has 0 spiro atoms. The van der Waals surface area contributed by atoms with E-state index in [1.54, 1.807) is 6.08 Å². The molecule has 2 heterocycles. The topological polar surface area (TPSA) is 47.9 Å². The average Bonchev–Trinajstić information content (AvgIpc) is 2.47. The highest BCUT2D eigenvalue weighted by atomic mass is 16.8. The summed E-state index contributed by atoms with van der Waals surface area (Å²) in [6.07, 6.45) is -0.185. The van der Waals surface area contributed by atoms with Gasteiger partial charge in [0.15, 0.2) is 12.1 Å². The minimum atomic E-state index is -0.908. The molecule has 0 amide bonds. The predicted molar refractivity (Wildman–Crippen MR) is 44.9 cm³/mol. The van der Waals surface area contributed by atoms with Crippen molar-refractivity contribution < 1.29 is 19.3 Å². The molecule has 4 heteroatoms. The van der Waals surface area contributed by atoms with Gasteiger partial charge in [0.1, 0.15) is 18.3 Å². The molecule has 0 aromatic heterocycles. The maximum atomic E-state index is 9.46. The Morgan fingerprint density at radius 2 is 1.92 bits per heavy atom. The second kappa shape index (κ2) is 2.78. The molecule has 1 N–H and O–H groups in total. The Kier molecular flexibility index (Phi) is 1.96. The minimum absolute atomic E-state index is 0.234. The van der Waals surface area contributed by atoms with Crippen LogP contribution in [0.25, 0.3) is 0 Å². The maximum absolute atomic E-state index is 9.46. The van der Waals surface area contributed by atoms with Crippen LogP contribution in [-0.4, -0.2) is 35.5 Å². The van der Waals surface area contributed by atoms with Crippen LogP contribution in [0.5, 0.6) is 0 Å². The van der Waals surface area contributed by atoms with E-state index in [0.717, 1.165) is 0 Å². The zero-order valence-corrected chi connectivity index (χ0v) is 7.77. The number of aliphatic hydroxyl groups is 1. The van der Waals surface area contributed by atoms with Crippen molar-refractivity contribution in [3.63, 3.8) is 0 Å². The van der Waals surface area contributed by atoms with Gasteiger partial charge < -0.3 is 19.3 Å². The van der Waals surface area contributed by atoms with E-state index in [1.807, 2.05) is 13.8 Å². The molecule has 2 aliphatic heterocycles. The Morgan fingerprint density at radius 1 is 1.31 bits per heavy atom. The van der Waals surface area contributed by atoms with Crippen molar-refractivity contribution in [2.75, 3.05) is 0 Å². The first-order valence-corrected chi connectivity index (χ1v) is 4.35. The van der Waals surface area contributed by atoms with Crippen LogP contribution in [-0.2, 0) is 14.2 Å². The van der Waals surface area contributed by atoms with Gasteiger partial charge in [-0.3, -0.25) is 0 Å². The van der Waals surface area contributed by atoms with Crippen molar-refractivity contribution in [3.05, 3.63) is 12.7 Å². The molecule has 0 aliphatic carbocycles. The highest BCUT2D eigenvalue weighted by Gasteiger charge is 2.53. The van der Waals surface area contributed by atoms with Crippen LogP contribution in [0.1, 0.15) is 13.8 Å². The van der Waals surface area contributed by atoms with Crippen molar-refractivity contribution >= 4 is 0 Å². The van der Waals surface area contributed by atoms with Crippen LogP contribution in [0.4, 0.5) is 0 Å². The highest BCUT2D eigenvalue weighted by molar-refractivity contribution is 5.01. The first kappa shape index (κ1) is 9.15. The molecule has 2 fully saturated rings. The van der Waals surface area contributed by atoms with E-state index in [1.165, 1.54) is 0 Å². The molecule has 74 valence electrons. The van der Waals surface area contributed by atoms with Crippen LogP contribution in [0.15, 0.2) is 12.7 Å². The number of aliphatic hydroxyl groups excluding tert-OH is 1. The summed E-state index contributed by atoms with van der Waals surface area (Å²) >= 11 is 0. The van der Waals surface area contributed by atoms with Gasteiger partial charge in [-0.05, 0) is 13.8 Å². The SMILES string of the molecule is C=C[C@@H]1O[C@@H](O)[C@H]2OC(C)(C)O[C@H]21. The summed E-state index contributed by atoms with van der Waals surface area (Å²) in [6.45, 7) is 7.25. The number of ether oxygens (including phenoxy) is 3. The molecule has 0 unspecified atom stereocenters. The van der Waals surface area contributed by atoms with Crippen molar-refractivity contribution in [1.82, 2.24) is 0 Å². The Morgan fingerprint density at radius 3 is 2.54 bits per heavy atom. The Labute approximate surface area is 77.1 Å². The van der Waals surface area contributed by atoms with Gasteiger partial charge in [0, 0.05) is 0 Å². The van der Waals surface area contributed by atoms with Gasteiger partial charge in [0.05, 0.1) is 0 Å². The smallest absolute Gasteiger partial charge is 0.184 e. The molecule has 0 bridgehead atoms. The molecule has 0 aromatic rings. The third-order valence-corrected chi connectivity index (χ3v) is 2.30. The van der Waals surface area contributed by atoms with Crippen molar-refractivity contribution in [2.24, 2.45) is 0 Å². The Hall–Kier alpha value is -0.420. The van der Waals surface area contributed by atoms with Gasteiger partial charge in [0.25, 0.3) is 0 Å². The van der Waals surface area contributed by atoms with E-state index in [-0.39, 0.29) is 12.2 Å². The molecule has 2 rings (SSSR count). The van der Waals surface area contributed by atoms with Crippen LogP contribution >= 0.6 is 0 Å². The van der Waals surface area contributed by atoms with Crippen LogP contribution in [0, 0.1) is 0 Å². The second-order valence-electron chi connectivity index (χ2n) is 3.79. The fourth-order valence-corrected chi connectivity index (χ4v) is 1.80. The molecule has 4 nitrogen and oxygen atoms in total. The molecular formula is C9H14O4. The fraction of sp³-hybridized carbons (Fsp3) is 0.778. The van der Waals surface area contributed by atoms with Gasteiger partial charge in [-0.15, -0.1) is 6.58 Å². The summed E-state index contributed by atoms with van der Waals surface area (Å²) in [5.74, 6) is -0.638. The molecule has 13 heavy (non-hydrogen) atoms. The minimum Gasteiger partial charge on any atom is -0.366 e. The van der Waals surface area contributed by atoms with Gasteiger partial charge in [-0.25, -0.2) is 0 Å². The zero-order valence-electron chi connectivity index (χ0n) is 7.77. The van der Waals surface area contributed by atoms with E-state index >= 15 is 0 Å². The van der Waals surface area contributed by atoms with E-state index in [2.05, 4.69) is 6.58 Å². The number of hydrogen-bond acceptors (Lipinski definition) is 4. The molecule has 2 aliphatic rings. The predicted octanol–water partition coefficient (Wildman–Crippen LogP) is 0.410. The second-order valence-corrected chi connectivity index (χ2v) is 3.79. The number of fused-ring (bicyclic) bond motifs is 1. The van der Waals surface area contributed by atoms with Crippen LogP contribution in [0.2, 0.25) is 0 Å². The standard InChI is InChI=1S/C9H14O4/c1-4-5-6-7(8(10)11-5)13-9(2,3)12-6/h4-8,10H,1H2,2-3H3/t5-,6-,7-,8+/m0/s1. The van der Waals surface area contributed by atoms with Crippen molar-refractivity contribution in [1.29, 1.82) is 0 Å². The van der Waals surface area contributed by atoms with Gasteiger partial charge >= 0.3 is 0 Å². The maximum Gasteiger partial charge on any atom is 0.184 e. The normalized spacial score (nSPS) is 47.6. The van der Waals surface area contributed by atoms with Crippen molar-refractivity contribution in [2.45, 2.75) is 44.2 Å². The molecule has 0 radical (unpaired) electrons. The van der Waals surface area contributed by atoms with Gasteiger partial charge in [-0.1, -0.05) is 6.08 Å². The van der Waals surface area contributed by atoms with E-state index < -0.39 is 18.2 Å². The van der Waals surface area contributed by atoms with Crippen molar-refractivity contribution in [3.8, 4) is 0 Å². The molecular weight excluding hydrogens is 172 g/mol.